The number of hydrogen-bond donors (Lipinski definition) is 1. The van der Waals surface area contributed by atoms with Crippen molar-refractivity contribution in [1.82, 2.24) is 14.9 Å². The molecule has 1 aromatic carbocycles. The van der Waals surface area contributed by atoms with Gasteiger partial charge in [-0.2, -0.15) is 0 Å². The second-order valence-electron chi connectivity index (χ2n) is 7.90. The maximum atomic E-state index is 13.6. The van der Waals surface area contributed by atoms with Gasteiger partial charge in [0.05, 0.1) is 23.4 Å². The maximum absolute atomic E-state index is 13.6. The number of benzene rings is 1. The van der Waals surface area contributed by atoms with Crippen LogP contribution in [0.1, 0.15) is 48.7 Å². The second-order valence-corrected chi connectivity index (χ2v) is 8.31. The maximum Gasteiger partial charge on any atom is 0.257 e. The summed E-state index contributed by atoms with van der Waals surface area (Å²) in [5.41, 5.74) is 3.48. The van der Waals surface area contributed by atoms with Crippen LogP contribution in [0, 0.1) is 6.92 Å². The van der Waals surface area contributed by atoms with Gasteiger partial charge < -0.3 is 15.0 Å². The summed E-state index contributed by atoms with van der Waals surface area (Å²) in [5.74, 6) is 0.600. The largest absolute Gasteiger partial charge is 0.495 e. The van der Waals surface area contributed by atoms with E-state index < -0.39 is 0 Å². The van der Waals surface area contributed by atoms with Crippen LogP contribution in [0.15, 0.2) is 36.5 Å². The van der Waals surface area contributed by atoms with Gasteiger partial charge in [-0.1, -0.05) is 18.5 Å². The molecule has 0 saturated carbocycles. The quantitative estimate of drug-likeness (QED) is 0.549. The zero-order chi connectivity index (χ0) is 22.0. The smallest absolute Gasteiger partial charge is 0.257 e. The van der Waals surface area contributed by atoms with Gasteiger partial charge >= 0.3 is 0 Å². The summed E-state index contributed by atoms with van der Waals surface area (Å²) in [5, 5.41) is 4.71. The fraction of sp³-hybridized carbons (Fsp3) is 0.375. The monoisotopic (exact) mass is 438 g/mol. The molecule has 3 heterocycles. The van der Waals surface area contributed by atoms with Crippen LogP contribution in [0.2, 0.25) is 5.02 Å². The number of piperidine rings is 1. The summed E-state index contributed by atoms with van der Waals surface area (Å²) >= 11 is 6.33. The van der Waals surface area contributed by atoms with Gasteiger partial charge in [0.15, 0.2) is 5.65 Å². The lowest BCUT2D eigenvalue weighted by Crippen LogP contribution is -2.43. The Morgan fingerprint density at radius 1 is 1.29 bits per heavy atom. The highest BCUT2D eigenvalue weighted by molar-refractivity contribution is 6.32. The van der Waals surface area contributed by atoms with Gasteiger partial charge in [0.1, 0.15) is 5.75 Å². The molecule has 3 aromatic rings. The predicted molar refractivity (Wildman–Crippen MR) is 125 cm³/mol. The van der Waals surface area contributed by atoms with Crippen LogP contribution >= 0.6 is 11.6 Å². The molecule has 4 rings (SSSR count). The number of amides is 1. The van der Waals surface area contributed by atoms with E-state index in [1.54, 1.807) is 25.4 Å². The van der Waals surface area contributed by atoms with Crippen LogP contribution in [0.25, 0.3) is 11.0 Å². The molecular weight excluding hydrogens is 412 g/mol. The van der Waals surface area contributed by atoms with E-state index in [-0.39, 0.29) is 11.9 Å². The van der Waals surface area contributed by atoms with Crippen molar-refractivity contribution in [3.63, 3.8) is 0 Å². The first kappa shape index (κ1) is 21.4. The van der Waals surface area contributed by atoms with Crippen molar-refractivity contribution in [3.05, 3.63) is 52.8 Å². The van der Waals surface area contributed by atoms with Crippen molar-refractivity contribution >= 4 is 39.9 Å². The Hall–Kier alpha value is -2.86. The summed E-state index contributed by atoms with van der Waals surface area (Å²) in [7, 11) is 1.58. The number of ether oxygens (including phenoxy) is 1. The average Bonchev–Trinajstić information content (AvgIpc) is 2.78. The van der Waals surface area contributed by atoms with Crippen molar-refractivity contribution in [2.24, 2.45) is 0 Å². The van der Waals surface area contributed by atoms with E-state index in [1.165, 1.54) is 0 Å². The Labute approximate surface area is 187 Å². The minimum atomic E-state index is 0.00336. The number of fused-ring (bicyclic) bond motifs is 1. The van der Waals surface area contributed by atoms with E-state index >= 15 is 0 Å². The van der Waals surface area contributed by atoms with Gasteiger partial charge in [0.25, 0.3) is 5.91 Å². The SMILES string of the molecule is CC[C@@H]1CCCCN1C(=O)c1cnc2nc(C)ccc2c1Nc1ccc(OC)c(Cl)c1. The van der Waals surface area contributed by atoms with Crippen molar-refractivity contribution in [1.29, 1.82) is 0 Å². The van der Waals surface area contributed by atoms with E-state index in [0.717, 1.165) is 49.0 Å². The Morgan fingerprint density at radius 2 is 2.13 bits per heavy atom. The number of carbonyl (C=O) groups excluding carboxylic acids is 1. The highest BCUT2D eigenvalue weighted by atomic mass is 35.5. The normalized spacial score (nSPS) is 16.4. The molecule has 31 heavy (non-hydrogen) atoms. The van der Waals surface area contributed by atoms with Crippen LogP contribution in [0.3, 0.4) is 0 Å². The number of aromatic nitrogens is 2. The van der Waals surface area contributed by atoms with Crippen LogP contribution in [-0.4, -0.2) is 40.5 Å². The molecule has 0 aliphatic carbocycles. The number of rotatable bonds is 5. The minimum Gasteiger partial charge on any atom is -0.495 e. The zero-order valence-electron chi connectivity index (χ0n) is 18.1. The van der Waals surface area contributed by atoms with Gasteiger partial charge in [0, 0.05) is 35.6 Å². The van der Waals surface area contributed by atoms with Crippen molar-refractivity contribution < 1.29 is 9.53 Å². The number of likely N-dealkylation sites (tertiary alicyclic amines) is 1. The highest BCUT2D eigenvalue weighted by Crippen LogP contribution is 2.34. The molecule has 1 amide bonds. The fourth-order valence-electron chi connectivity index (χ4n) is 4.20. The van der Waals surface area contributed by atoms with E-state index in [2.05, 4.69) is 22.2 Å². The molecule has 162 valence electrons. The Kier molecular flexibility index (Phi) is 6.28. The van der Waals surface area contributed by atoms with Crippen LogP contribution in [0.4, 0.5) is 11.4 Å². The summed E-state index contributed by atoms with van der Waals surface area (Å²) in [6.07, 6.45) is 5.83. The molecule has 1 aliphatic rings. The molecule has 0 spiro atoms. The topological polar surface area (TPSA) is 67.4 Å². The standard InChI is InChI=1S/C24H27ClN4O2/c1-4-17-7-5-6-12-29(17)24(30)19-14-26-23-18(10-8-15(2)27-23)22(19)28-16-9-11-21(31-3)20(25)13-16/h8-11,13-14,17H,4-7,12H2,1-3H3,(H,26,27,28)/t17-/m1/s1. The number of halogens is 1. The summed E-state index contributed by atoms with van der Waals surface area (Å²) in [6, 6.07) is 9.62. The molecule has 1 saturated heterocycles. The number of nitrogens with zero attached hydrogens (tertiary/aromatic N) is 3. The molecule has 0 unspecified atom stereocenters. The van der Waals surface area contributed by atoms with E-state index in [1.807, 2.05) is 30.0 Å². The third-order valence-corrected chi connectivity index (χ3v) is 6.18. The molecule has 7 heteroatoms. The van der Waals surface area contributed by atoms with Crippen molar-refractivity contribution in [2.75, 3.05) is 19.0 Å². The molecule has 2 aromatic heterocycles. The third-order valence-electron chi connectivity index (χ3n) is 5.88. The summed E-state index contributed by atoms with van der Waals surface area (Å²) < 4.78 is 5.26. The lowest BCUT2D eigenvalue weighted by molar-refractivity contribution is 0.0609. The van der Waals surface area contributed by atoms with E-state index in [0.29, 0.717) is 27.7 Å². The fourth-order valence-corrected chi connectivity index (χ4v) is 4.46. The molecule has 1 fully saturated rings. The number of methoxy groups -OCH3 is 1. The van der Waals surface area contributed by atoms with Gasteiger partial charge in [0.2, 0.25) is 0 Å². The number of hydrogen-bond acceptors (Lipinski definition) is 5. The average molecular weight is 439 g/mol. The zero-order valence-corrected chi connectivity index (χ0v) is 18.9. The minimum absolute atomic E-state index is 0.00336. The van der Waals surface area contributed by atoms with Gasteiger partial charge in [-0.05, 0) is 62.9 Å². The molecular formula is C24H27ClN4O2. The first-order chi connectivity index (χ1) is 15.0. The number of anilines is 2. The van der Waals surface area contributed by atoms with Crippen LogP contribution < -0.4 is 10.1 Å². The van der Waals surface area contributed by atoms with Gasteiger partial charge in [-0.3, -0.25) is 4.79 Å². The number of aryl methyl sites for hydroxylation is 1. The number of nitrogens with one attached hydrogen (secondary N) is 1. The lowest BCUT2D eigenvalue weighted by atomic mass is 9.98. The molecule has 1 aliphatic heterocycles. The molecule has 6 nitrogen and oxygen atoms in total. The molecule has 0 bridgehead atoms. The Bertz CT molecular complexity index is 1120. The summed E-state index contributed by atoms with van der Waals surface area (Å²) in [4.78, 5) is 24.7. The molecule has 1 N–H and O–H groups in total. The lowest BCUT2D eigenvalue weighted by Gasteiger charge is -2.35. The predicted octanol–water partition coefficient (Wildman–Crippen LogP) is 5.75. The highest BCUT2D eigenvalue weighted by Gasteiger charge is 2.29. The van der Waals surface area contributed by atoms with Gasteiger partial charge in [-0.25, -0.2) is 9.97 Å². The van der Waals surface area contributed by atoms with Crippen LogP contribution in [0.5, 0.6) is 5.75 Å². The van der Waals surface area contributed by atoms with Crippen molar-refractivity contribution in [3.8, 4) is 5.75 Å². The number of carbonyl (C=O) groups is 1. The Balaban J connectivity index is 1.80. The third kappa shape index (κ3) is 4.30. The van der Waals surface area contributed by atoms with Crippen molar-refractivity contribution in [2.45, 2.75) is 45.6 Å². The second kappa shape index (κ2) is 9.10. The van der Waals surface area contributed by atoms with Crippen LogP contribution in [-0.2, 0) is 0 Å². The Morgan fingerprint density at radius 3 is 2.87 bits per heavy atom. The van der Waals surface area contributed by atoms with E-state index in [4.69, 9.17) is 16.3 Å². The van der Waals surface area contributed by atoms with Gasteiger partial charge in [-0.15, -0.1) is 0 Å². The molecule has 1 atom stereocenters. The van der Waals surface area contributed by atoms with E-state index in [9.17, 15) is 4.79 Å². The molecule has 0 radical (unpaired) electrons. The summed E-state index contributed by atoms with van der Waals surface area (Å²) in [6.45, 7) is 4.84. The first-order valence-corrected chi connectivity index (χ1v) is 11.1. The first-order valence-electron chi connectivity index (χ1n) is 10.7. The number of pyridine rings is 2.